The van der Waals surface area contributed by atoms with Gasteiger partial charge >= 0.3 is 0 Å². The highest BCUT2D eigenvalue weighted by Gasteiger charge is 2.19. The van der Waals surface area contributed by atoms with Gasteiger partial charge in [0, 0.05) is 6.42 Å². The molecule has 0 bridgehead atoms. The van der Waals surface area contributed by atoms with E-state index in [1.165, 1.54) is 0 Å². The fraction of sp³-hybridized carbons (Fsp3) is 0.588. The second kappa shape index (κ2) is 7.46. The molecule has 1 aliphatic rings. The van der Waals surface area contributed by atoms with Gasteiger partial charge in [0.05, 0.1) is 12.1 Å². The third kappa shape index (κ3) is 5.05. The molecule has 1 heterocycles. The van der Waals surface area contributed by atoms with Crippen molar-refractivity contribution in [2.24, 2.45) is 5.92 Å². The summed E-state index contributed by atoms with van der Waals surface area (Å²) in [6.07, 6.45) is 1.86. The SMILES string of the molecule is CC(C)Oc1cccc(C(C)NC(=O)CC2CCNC2)c1. The second-order valence-corrected chi connectivity index (χ2v) is 6.09. The van der Waals surface area contributed by atoms with E-state index in [0.29, 0.717) is 12.3 Å². The number of hydrogen-bond acceptors (Lipinski definition) is 3. The van der Waals surface area contributed by atoms with Crippen LogP contribution in [0.25, 0.3) is 0 Å². The van der Waals surface area contributed by atoms with Crippen LogP contribution in [0.4, 0.5) is 0 Å². The maximum Gasteiger partial charge on any atom is 0.220 e. The Labute approximate surface area is 127 Å². The Bertz CT molecular complexity index is 468. The Morgan fingerprint density at radius 1 is 1.43 bits per heavy atom. The number of amides is 1. The van der Waals surface area contributed by atoms with Gasteiger partial charge in [-0.3, -0.25) is 4.79 Å². The van der Waals surface area contributed by atoms with Crippen LogP contribution in [0.2, 0.25) is 0 Å². The van der Waals surface area contributed by atoms with E-state index < -0.39 is 0 Å². The van der Waals surface area contributed by atoms with Crippen molar-refractivity contribution in [1.82, 2.24) is 10.6 Å². The van der Waals surface area contributed by atoms with Crippen molar-refractivity contribution in [2.45, 2.75) is 45.8 Å². The van der Waals surface area contributed by atoms with Crippen LogP contribution in [-0.4, -0.2) is 25.1 Å². The fourth-order valence-corrected chi connectivity index (χ4v) is 2.66. The molecule has 1 amide bonds. The molecular weight excluding hydrogens is 264 g/mol. The first-order valence-corrected chi connectivity index (χ1v) is 7.81. The van der Waals surface area contributed by atoms with Crippen LogP contribution in [0.3, 0.4) is 0 Å². The lowest BCUT2D eigenvalue weighted by atomic mass is 10.0. The molecule has 0 aliphatic carbocycles. The molecule has 2 N–H and O–H groups in total. The predicted octanol–water partition coefficient (Wildman–Crippen LogP) is 2.65. The lowest BCUT2D eigenvalue weighted by molar-refractivity contribution is -0.122. The predicted molar refractivity (Wildman–Crippen MR) is 84.4 cm³/mol. The van der Waals surface area contributed by atoms with E-state index in [4.69, 9.17) is 4.74 Å². The molecular formula is C17H26N2O2. The summed E-state index contributed by atoms with van der Waals surface area (Å²) in [5.41, 5.74) is 1.08. The number of carbonyl (C=O) groups is 1. The number of nitrogens with one attached hydrogen (secondary N) is 2. The molecule has 2 atom stereocenters. The Hall–Kier alpha value is -1.55. The number of rotatable bonds is 6. The van der Waals surface area contributed by atoms with Crippen LogP contribution in [-0.2, 0) is 4.79 Å². The van der Waals surface area contributed by atoms with Gasteiger partial charge in [-0.05, 0) is 63.9 Å². The Balaban J connectivity index is 1.89. The largest absolute Gasteiger partial charge is 0.491 e. The van der Waals surface area contributed by atoms with Crippen LogP contribution in [0.15, 0.2) is 24.3 Å². The highest BCUT2D eigenvalue weighted by molar-refractivity contribution is 5.76. The van der Waals surface area contributed by atoms with Crippen molar-refractivity contribution in [3.05, 3.63) is 29.8 Å². The van der Waals surface area contributed by atoms with Crippen molar-refractivity contribution in [3.63, 3.8) is 0 Å². The number of ether oxygens (including phenoxy) is 1. The average molecular weight is 290 g/mol. The molecule has 21 heavy (non-hydrogen) atoms. The van der Waals surface area contributed by atoms with Gasteiger partial charge in [0.25, 0.3) is 0 Å². The molecule has 1 aliphatic heterocycles. The minimum absolute atomic E-state index is 0.00238. The van der Waals surface area contributed by atoms with Crippen LogP contribution >= 0.6 is 0 Å². The zero-order valence-corrected chi connectivity index (χ0v) is 13.2. The first-order valence-electron chi connectivity index (χ1n) is 7.81. The monoisotopic (exact) mass is 290 g/mol. The number of carbonyl (C=O) groups excluding carboxylic acids is 1. The van der Waals surface area contributed by atoms with Crippen molar-refractivity contribution in [2.75, 3.05) is 13.1 Å². The topological polar surface area (TPSA) is 50.4 Å². The lowest BCUT2D eigenvalue weighted by Crippen LogP contribution is -2.28. The Morgan fingerprint density at radius 2 is 2.24 bits per heavy atom. The molecule has 1 aromatic carbocycles. The van der Waals surface area contributed by atoms with E-state index in [0.717, 1.165) is 30.8 Å². The zero-order valence-electron chi connectivity index (χ0n) is 13.2. The van der Waals surface area contributed by atoms with E-state index in [1.54, 1.807) is 0 Å². The van der Waals surface area contributed by atoms with E-state index >= 15 is 0 Å². The van der Waals surface area contributed by atoms with Crippen LogP contribution in [0.5, 0.6) is 5.75 Å². The molecule has 0 saturated carbocycles. The third-order valence-corrected chi connectivity index (χ3v) is 3.74. The summed E-state index contributed by atoms with van der Waals surface area (Å²) in [6, 6.07) is 7.94. The van der Waals surface area contributed by atoms with Gasteiger partial charge in [0.1, 0.15) is 5.75 Å². The highest BCUT2D eigenvalue weighted by atomic mass is 16.5. The van der Waals surface area contributed by atoms with Gasteiger partial charge in [-0.2, -0.15) is 0 Å². The number of hydrogen-bond donors (Lipinski definition) is 2. The van der Waals surface area contributed by atoms with Gasteiger partial charge in [0.15, 0.2) is 0 Å². The van der Waals surface area contributed by atoms with Gasteiger partial charge in [-0.1, -0.05) is 12.1 Å². The zero-order chi connectivity index (χ0) is 15.2. The number of benzene rings is 1. The quantitative estimate of drug-likeness (QED) is 0.847. The molecule has 1 saturated heterocycles. The first-order chi connectivity index (χ1) is 10.0. The molecule has 0 spiro atoms. The van der Waals surface area contributed by atoms with Crippen LogP contribution in [0.1, 0.15) is 45.2 Å². The fourth-order valence-electron chi connectivity index (χ4n) is 2.66. The summed E-state index contributed by atoms with van der Waals surface area (Å²) in [6.45, 7) is 8.02. The minimum atomic E-state index is 0.00238. The summed E-state index contributed by atoms with van der Waals surface area (Å²) < 4.78 is 5.70. The molecule has 2 unspecified atom stereocenters. The maximum atomic E-state index is 12.1. The smallest absolute Gasteiger partial charge is 0.220 e. The van der Waals surface area contributed by atoms with Crippen molar-refractivity contribution in [1.29, 1.82) is 0 Å². The Kier molecular flexibility index (Phi) is 5.62. The Morgan fingerprint density at radius 3 is 2.90 bits per heavy atom. The molecule has 4 heteroatoms. The molecule has 1 fully saturated rings. The highest BCUT2D eigenvalue weighted by Crippen LogP contribution is 2.21. The molecule has 0 aromatic heterocycles. The van der Waals surface area contributed by atoms with Gasteiger partial charge in [0.2, 0.25) is 5.91 Å². The van der Waals surface area contributed by atoms with Crippen molar-refractivity contribution in [3.8, 4) is 5.75 Å². The van der Waals surface area contributed by atoms with Gasteiger partial charge < -0.3 is 15.4 Å². The summed E-state index contributed by atoms with van der Waals surface area (Å²) in [4.78, 5) is 12.1. The molecule has 1 aromatic rings. The normalized spacial score (nSPS) is 19.5. The summed E-state index contributed by atoms with van der Waals surface area (Å²) in [5, 5.41) is 6.37. The van der Waals surface area contributed by atoms with Crippen molar-refractivity contribution >= 4 is 5.91 Å². The van der Waals surface area contributed by atoms with Crippen LogP contribution < -0.4 is 15.4 Å². The molecule has 4 nitrogen and oxygen atoms in total. The third-order valence-electron chi connectivity index (χ3n) is 3.74. The van der Waals surface area contributed by atoms with E-state index in [2.05, 4.69) is 10.6 Å². The summed E-state index contributed by atoms with van der Waals surface area (Å²) in [5.74, 6) is 1.46. The lowest BCUT2D eigenvalue weighted by Gasteiger charge is -2.17. The van der Waals surface area contributed by atoms with E-state index in [-0.39, 0.29) is 18.1 Å². The second-order valence-electron chi connectivity index (χ2n) is 6.09. The molecule has 0 radical (unpaired) electrons. The minimum Gasteiger partial charge on any atom is -0.491 e. The van der Waals surface area contributed by atoms with Gasteiger partial charge in [-0.15, -0.1) is 0 Å². The van der Waals surface area contributed by atoms with E-state index in [9.17, 15) is 4.79 Å². The van der Waals surface area contributed by atoms with Crippen molar-refractivity contribution < 1.29 is 9.53 Å². The standard InChI is InChI=1S/C17H26N2O2/c1-12(2)21-16-6-4-5-15(10-16)13(3)19-17(20)9-14-7-8-18-11-14/h4-6,10,12-14,18H,7-9,11H2,1-3H3,(H,19,20). The van der Waals surface area contributed by atoms with Crippen LogP contribution in [0, 0.1) is 5.92 Å². The van der Waals surface area contributed by atoms with Gasteiger partial charge in [-0.25, -0.2) is 0 Å². The molecule has 2 rings (SSSR count). The molecule has 116 valence electrons. The summed E-state index contributed by atoms with van der Waals surface area (Å²) >= 11 is 0. The summed E-state index contributed by atoms with van der Waals surface area (Å²) in [7, 11) is 0. The first kappa shape index (κ1) is 15.8. The van der Waals surface area contributed by atoms with E-state index in [1.807, 2.05) is 45.0 Å². The average Bonchev–Trinajstić information content (AvgIpc) is 2.90. The maximum absolute atomic E-state index is 12.1.